The first-order valence-corrected chi connectivity index (χ1v) is 12.8. The van der Waals surface area contributed by atoms with Gasteiger partial charge in [0.1, 0.15) is 12.3 Å². The van der Waals surface area contributed by atoms with E-state index in [2.05, 4.69) is 11.4 Å². The van der Waals surface area contributed by atoms with Gasteiger partial charge in [-0.05, 0) is 62.6 Å². The van der Waals surface area contributed by atoms with E-state index >= 15 is 0 Å². The molecule has 3 aromatic rings. The Balaban J connectivity index is 1.80. The number of carbonyl (C=O) groups excluding carboxylic acids is 1. The number of aryl methyl sites for hydroxylation is 3. The number of hydrogen-bond donors (Lipinski definition) is 1. The average molecular weight is 512 g/mol. The minimum Gasteiger partial charge on any atom is -0.497 e. The van der Waals surface area contributed by atoms with Gasteiger partial charge >= 0.3 is 0 Å². The number of carbonyl (C=O) groups is 1. The Morgan fingerprint density at radius 3 is 2.42 bits per heavy atom. The first-order valence-electron chi connectivity index (χ1n) is 11.4. The number of anilines is 1. The van der Waals surface area contributed by atoms with Crippen molar-refractivity contribution in [2.75, 3.05) is 24.5 Å². The lowest BCUT2D eigenvalue weighted by molar-refractivity contribution is -0.385. The number of amides is 1. The second kappa shape index (κ2) is 11.7. The standard InChI is InChI=1S/C26H29N3O6S/c1-19-6-4-7-21(16-19)8-5-15-27-26(30)18-28(22-10-12-23(35-3)13-11-22)36(33,34)24-14-9-20(2)25(17-24)29(31)32/h4,6-7,9-14,16-17H,5,8,15,18H2,1-3H3,(H,27,30). The van der Waals surface area contributed by atoms with Crippen LogP contribution in [0.4, 0.5) is 11.4 Å². The van der Waals surface area contributed by atoms with Crippen LogP contribution in [0.1, 0.15) is 23.1 Å². The van der Waals surface area contributed by atoms with Crippen molar-refractivity contribution in [3.8, 4) is 5.75 Å². The molecule has 9 nitrogen and oxygen atoms in total. The molecule has 0 radical (unpaired) electrons. The fourth-order valence-electron chi connectivity index (χ4n) is 3.71. The molecule has 3 aromatic carbocycles. The lowest BCUT2D eigenvalue weighted by Gasteiger charge is -2.24. The van der Waals surface area contributed by atoms with E-state index < -0.39 is 27.4 Å². The minimum absolute atomic E-state index is 0.230. The van der Waals surface area contributed by atoms with Gasteiger partial charge in [0.15, 0.2) is 0 Å². The minimum atomic E-state index is -4.29. The van der Waals surface area contributed by atoms with Gasteiger partial charge in [-0.1, -0.05) is 35.9 Å². The van der Waals surface area contributed by atoms with E-state index in [1.807, 2.05) is 25.1 Å². The van der Waals surface area contributed by atoms with Gasteiger partial charge in [-0.2, -0.15) is 0 Å². The molecule has 3 rings (SSSR count). The van der Waals surface area contributed by atoms with E-state index in [1.165, 1.54) is 38.3 Å². The largest absolute Gasteiger partial charge is 0.497 e. The SMILES string of the molecule is COc1ccc(N(CC(=O)NCCCc2cccc(C)c2)S(=O)(=O)c2ccc(C)c([N+](=O)[O-])c2)cc1. The first kappa shape index (κ1) is 26.7. The number of ether oxygens (including phenoxy) is 1. The smallest absolute Gasteiger partial charge is 0.273 e. The van der Waals surface area contributed by atoms with Gasteiger partial charge in [0, 0.05) is 18.2 Å². The highest BCUT2D eigenvalue weighted by Gasteiger charge is 2.29. The molecule has 0 aliphatic carbocycles. The predicted molar refractivity (Wildman–Crippen MR) is 138 cm³/mol. The molecule has 0 spiro atoms. The maximum Gasteiger partial charge on any atom is 0.273 e. The quantitative estimate of drug-likeness (QED) is 0.235. The van der Waals surface area contributed by atoms with Crippen LogP contribution in [0.5, 0.6) is 5.75 Å². The third kappa shape index (κ3) is 6.60. The lowest BCUT2D eigenvalue weighted by Crippen LogP contribution is -2.41. The summed E-state index contributed by atoms with van der Waals surface area (Å²) in [5.74, 6) is 0.0305. The summed E-state index contributed by atoms with van der Waals surface area (Å²) < 4.78 is 33.2. The van der Waals surface area contributed by atoms with Gasteiger partial charge in [-0.25, -0.2) is 8.42 Å². The second-order valence-electron chi connectivity index (χ2n) is 8.36. The molecule has 0 unspecified atom stereocenters. The molecule has 0 fully saturated rings. The third-order valence-electron chi connectivity index (χ3n) is 5.66. The molecule has 0 heterocycles. The Hall–Kier alpha value is -3.92. The van der Waals surface area contributed by atoms with Crippen molar-refractivity contribution in [3.63, 3.8) is 0 Å². The average Bonchev–Trinajstić information content (AvgIpc) is 2.85. The van der Waals surface area contributed by atoms with Gasteiger partial charge in [-0.15, -0.1) is 0 Å². The summed E-state index contributed by atoms with van der Waals surface area (Å²) in [6.07, 6.45) is 1.46. The number of nitrogens with one attached hydrogen (secondary N) is 1. The Kier molecular flexibility index (Phi) is 8.65. The van der Waals surface area contributed by atoms with E-state index in [0.717, 1.165) is 27.9 Å². The fraction of sp³-hybridized carbons (Fsp3) is 0.269. The summed E-state index contributed by atoms with van der Waals surface area (Å²) in [5, 5.41) is 14.2. The van der Waals surface area contributed by atoms with E-state index in [-0.39, 0.29) is 16.3 Å². The van der Waals surface area contributed by atoms with Crippen molar-refractivity contribution in [2.24, 2.45) is 0 Å². The molecule has 0 aliphatic rings. The van der Waals surface area contributed by atoms with E-state index in [1.54, 1.807) is 12.1 Å². The number of benzene rings is 3. The number of nitro groups is 1. The summed E-state index contributed by atoms with van der Waals surface area (Å²) in [7, 11) is -2.81. The maximum atomic E-state index is 13.5. The Labute approximate surface area is 210 Å². The second-order valence-corrected chi connectivity index (χ2v) is 10.2. The monoisotopic (exact) mass is 511 g/mol. The van der Waals surface area contributed by atoms with Gasteiger partial charge in [0.2, 0.25) is 5.91 Å². The van der Waals surface area contributed by atoms with Crippen LogP contribution >= 0.6 is 0 Å². The molecular formula is C26H29N3O6S. The highest BCUT2D eigenvalue weighted by Crippen LogP contribution is 2.29. The number of methoxy groups -OCH3 is 1. The van der Waals surface area contributed by atoms with Crippen LogP contribution < -0.4 is 14.4 Å². The van der Waals surface area contributed by atoms with Gasteiger partial charge < -0.3 is 10.1 Å². The van der Waals surface area contributed by atoms with Crippen molar-refractivity contribution in [1.29, 1.82) is 0 Å². The number of nitro benzene ring substituents is 1. The highest BCUT2D eigenvalue weighted by molar-refractivity contribution is 7.92. The molecule has 0 aromatic heterocycles. The van der Waals surface area contributed by atoms with E-state index in [0.29, 0.717) is 24.3 Å². The summed E-state index contributed by atoms with van der Waals surface area (Å²) >= 11 is 0. The van der Waals surface area contributed by atoms with Crippen LogP contribution in [0.15, 0.2) is 71.6 Å². The van der Waals surface area contributed by atoms with E-state index in [9.17, 15) is 23.3 Å². The molecule has 0 bridgehead atoms. The zero-order chi connectivity index (χ0) is 26.3. The van der Waals surface area contributed by atoms with Crippen LogP contribution in [0.25, 0.3) is 0 Å². The van der Waals surface area contributed by atoms with Crippen LogP contribution in [-0.4, -0.2) is 39.4 Å². The zero-order valence-electron chi connectivity index (χ0n) is 20.4. The van der Waals surface area contributed by atoms with Crippen molar-refractivity contribution in [2.45, 2.75) is 31.6 Å². The molecule has 0 aliphatic heterocycles. The number of hydrogen-bond acceptors (Lipinski definition) is 6. The number of nitrogens with zero attached hydrogens (tertiary/aromatic N) is 2. The zero-order valence-corrected chi connectivity index (χ0v) is 21.2. The molecule has 1 N–H and O–H groups in total. The van der Waals surface area contributed by atoms with Gasteiger partial charge in [-0.3, -0.25) is 19.2 Å². The summed E-state index contributed by atoms with van der Waals surface area (Å²) in [6.45, 7) is 3.43. The Morgan fingerprint density at radius 1 is 1.06 bits per heavy atom. The molecule has 36 heavy (non-hydrogen) atoms. The van der Waals surface area contributed by atoms with Crippen molar-refractivity contribution in [3.05, 3.63) is 93.5 Å². The Morgan fingerprint density at radius 2 is 1.78 bits per heavy atom. The highest BCUT2D eigenvalue weighted by atomic mass is 32.2. The summed E-state index contributed by atoms with van der Waals surface area (Å²) in [6, 6.07) is 18.0. The summed E-state index contributed by atoms with van der Waals surface area (Å²) in [4.78, 5) is 23.2. The number of sulfonamides is 1. The first-order chi connectivity index (χ1) is 17.1. The van der Waals surface area contributed by atoms with Crippen molar-refractivity contribution >= 4 is 27.3 Å². The molecule has 1 amide bonds. The van der Waals surface area contributed by atoms with Crippen LogP contribution in [0.3, 0.4) is 0 Å². The summed E-state index contributed by atoms with van der Waals surface area (Å²) in [5.41, 5.74) is 2.57. The molecular weight excluding hydrogens is 482 g/mol. The van der Waals surface area contributed by atoms with Crippen molar-refractivity contribution in [1.82, 2.24) is 5.32 Å². The third-order valence-corrected chi connectivity index (χ3v) is 7.43. The molecule has 0 atom stereocenters. The topological polar surface area (TPSA) is 119 Å². The Bertz CT molecular complexity index is 1340. The lowest BCUT2D eigenvalue weighted by atomic mass is 10.1. The molecule has 0 saturated carbocycles. The molecule has 190 valence electrons. The maximum absolute atomic E-state index is 13.5. The normalized spacial score (nSPS) is 11.1. The van der Waals surface area contributed by atoms with Crippen LogP contribution in [-0.2, 0) is 21.2 Å². The van der Waals surface area contributed by atoms with Gasteiger partial charge in [0.25, 0.3) is 15.7 Å². The molecule has 10 heteroatoms. The predicted octanol–water partition coefficient (Wildman–Crippen LogP) is 4.16. The fourth-order valence-corrected chi connectivity index (χ4v) is 5.15. The van der Waals surface area contributed by atoms with Crippen LogP contribution in [0, 0.1) is 24.0 Å². The molecule has 0 saturated heterocycles. The van der Waals surface area contributed by atoms with E-state index in [4.69, 9.17) is 4.74 Å². The van der Waals surface area contributed by atoms with Crippen LogP contribution in [0.2, 0.25) is 0 Å². The number of rotatable bonds is 11. The van der Waals surface area contributed by atoms with Gasteiger partial charge in [0.05, 0.1) is 22.6 Å². The van der Waals surface area contributed by atoms with Crippen molar-refractivity contribution < 1.29 is 22.9 Å².